The molecule has 1 aliphatic carbocycles. The number of rotatable bonds is 3. The predicted octanol–water partition coefficient (Wildman–Crippen LogP) is 2.36. The van der Waals surface area contributed by atoms with Gasteiger partial charge in [0, 0.05) is 0 Å². The summed E-state index contributed by atoms with van der Waals surface area (Å²) in [6, 6.07) is 11.2. The molecule has 1 aromatic heterocycles. The zero-order chi connectivity index (χ0) is 13.1. The van der Waals surface area contributed by atoms with E-state index in [1.165, 1.54) is 18.4 Å². The Morgan fingerprint density at radius 2 is 2.05 bits per heavy atom. The van der Waals surface area contributed by atoms with Crippen molar-refractivity contribution in [2.45, 2.75) is 31.2 Å². The van der Waals surface area contributed by atoms with Gasteiger partial charge in [-0.1, -0.05) is 30.3 Å². The van der Waals surface area contributed by atoms with E-state index < -0.39 is 0 Å². The average molecular weight is 256 g/mol. The summed E-state index contributed by atoms with van der Waals surface area (Å²) >= 11 is 0. The molecule has 0 bridgehead atoms. The second kappa shape index (κ2) is 5.53. The number of hydrogen-bond acceptors (Lipinski definition) is 3. The molecular weight excluding hydrogens is 236 g/mol. The Morgan fingerprint density at radius 1 is 1.21 bits per heavy atom. The van der Waals surface area contributed by atoms with Crippen LogP contribution in [0.1, 0.15) is 36.8 Å². The molecule has 0 aliphatic heterocycles. The molecule has 4 heteroatoms. The van der Waals surface area contributed by atoms with Crippen molar-refractivity contribution in [2.24, 2.45) is 11.7 Å². The maximum absolute atomic E-state index is 5.92. The van der Waals surface area contributed by atoms with Crippen LogP contribution in [0.2, 0.25) is 0 Å². The first-order valence-electron chi connectivity index (χ1n) is 6.97. The van der Waals surface area contributed by atoms with Crippen molar-refractivity contribution in [3.8, 4) is 0 Å². The number of nitrogens with two attached hydrogens (primary N) is 1. The van der Waals surface area contributed by atoms with Crippen LogP contribution < -0.4 is 5.73 Å². The van der Waals surface area contributed by atoms with E-state index in [9.17, 15) is 0 Å². The van der Waals surface area contributed by atoms with E-state index in [1.807, 2.05) is 11.0 Å². The van der Waals surface area contributed by atoms with E-state index in [-0.39, 0.29) is 0 Å². The zero-order valence-electron chi connectivity index (χ0n) is 11.0. The Bertz CT molecular complexity index is 494. The molecule has 4 nitrogen and oxygen atoms in total. The molecule has 3 unspecified atom stereocenters. The van der Waals surface area contributed by atoms with E-state index in [2.05, 4.69) is 40.4 Å². The molecule has 3 atom stereocenters. The lowest BCUT2D eigenvalue weighted by molar-refractivity contribution is 0.208. The highest BCUT2D eigenvalue weighted by Gasteiger charge is 2.31. The highest BCUT2D eigenvalue weighted by molar-refractivity contribution is 5.20. The summed E-state index contributed by atoms with van der Waals surface area (Å²) in [7, 11) is 0. The molecule has 1 aliphatic rings. The fourth-order valence-electron chi connectivity index (χ4n) is 3.22. The lowest BCUT2D eigenvalue weighted by atomic mass is 9.75. The van der Waals surface area contributed by atoms with Crippen LogP contribution in [0.3, 0.4) is 0 Å². The third-order valence-electron chi connectivity index (χ3n) is 4.31. The van der Waals surface area contributed by atoms with E-state index >= 15 is 0 Å². The van der Waals surface area contributed by atoms with Gasteiger partial charge in [-0.15, -0.1) is 0 Å². The van der Waals surface area contributed by atoms with Gasteiger partial charge in [0.05, 0.1) is 6.04 Å². The first-order valence-corrected chi connectivity index (χ1v) is 6.97. The van der Waals surface area contributed by atoms with E-state index in [1.54, 1.807) is 6.33 Å². The molecule has 0 spiro atoms. The van der Waals surface area contributed by atoms with Gasteiger partial charge in [-0.3, -0.25) is 0 Å². The van der Waals surface area contributed by atoms with Crippen LogP contribution >= 0.6 is 0 Å². The summed E-state index contributed by atoms with van der Waals surface area (Å²) < 4.78 is 1.99. The van der Waals surface area contributed by atoms with Gasteiger partial charge in [-0.05, 0) is 43.2 Å². The average Bonchev–Trinajstić information content (AvgIpc) is 3.01. The number of hydrogen-bond donors (Lipinski definition) is 1. The minimum atomic E-state index is 0.381. The van der Waals surface area contributed by atoms with Crippen molar-refractivity contribution < 1.29 is 0 Å². The topological polar surface area (TPSA) is 56.7 Å². The van der Waals surface area contributed by atoms with Gasteiger partial charge >= 0.3 is 0 Å². The quantitative estimate of drug-likeness (QED) is 0.917. The third kappa shape index (κ3) is 2.54. The Kier molecular flexibility index (Phi) is 3.60. The fourth-order valence-corrected chi connectivity index (χ4v) is 3.22. The zero-order valence-corrected chi connectivity index (χ0v) is 11.0. The summed E-state index contributed by atoms with van der Waals surface area (Å²) in [5.41, 5.74) is 7.36. The molecule has 19 heavy (non-hydrogen) atoms. The van der Waals surface area contributed by atoms with Crippen LogP contribution in [0.15, 0.2) is 43.0 Å². The first-order chi connectivity index (χ1) is 9.38. The largest absolute Gasteiger partial charge is 0.330 e. The van der Waals surface area contributed by atoms with E-state index in [0.29, 0.717) is 17.9 Å². The molecule has 0 saturated heterocycles. The van der Waals surface area contributed by atoms with Crippen molar-refractivity contribution in [3.63, 3.8) is 0 Å². The molecule has 0 amide bonds. The molecule has 2 aromatic rings. The molecule has 1 saturated carbocycles. The highest BCUT2D eigenvalue weighted by atomic mass is 15.3. The minimum Gasteiger partial charge on any atom is -0.330 e. The fraction of sp³-hybridized carbons (Fsp3) is 0.467. The first kappa shape index (κ1) is 12.4. The van der Waals surface area contributed by atoms with Crippen molar-refractivity contribution >= 4 is 0 Å². The Balaban J connectivity index is 1.81. The number of aromatic nitrogens is 3. The normalized spacial score (nSPS) is 27.3. The van der Waals surface area contributed by atoms with Crippen LogP contribution in [-0.4, -0.2) is 21.3 Å². The number of benzene rings is 1. The summed E-state index contributed by atoms with van der Waals surface area (Å²) in [6.45, 7) is 0.728. The van der Waals surface area contributed by atoms with Crippen LogP contribution in [-0.2, 0) is 0 Å². The summed E-state index contributed by atoms with van der Waals surface area (Å²) in [6.07, 6.45) is 6.92. The summed E-state index contributed by atoms with van der Waals surface area (Å²) in [5.74, 6) is 1.12. The lowest BCUT2D eigenvalue weighted by Crippen LogP contribution is -2.32. The van der Waals surface area contributed by atoms with Crippen molar-refractivity contribution in [3.05, 3.63) is 48.5 Å². The Morgan fingerprint density at radius 3 is 2.74 bits per heavy atom. The molecule has 2 N–H and O–H groups in total. The molecular formula is C15H20N4. The van der Waals surface area contributed by atoms with Gasteiger partial charge in [0.25, 0.3) is 0 Å². The third-order valence-corrected chi connectivity index (χ3v) is 4.31. The Hall–Kier alpha value is -1.68. The van der Waals surface area contributed by atoms with Gasteiger partial charge in [0.1, 0.15) is 12.7 Å². The smallest absolute Gasteiger partial charge is 0.137 e. The van der Waals surface area contributed by atoms with Gasteiger partial charge in [-0.2, -0.15) is 5.10 Å². The van der Waals surface area contributed by atoms with Crippen molar-refractivity contribution in [1.29, 1.82) is 0 Å². The monoisotopic (exact) mass is 256 g/mol. The van der Waals surface area contributed by atoms with Gasteiger partial charge in [0.2, 0.25) is 0 Å². The molecule has 1 heterocycles. The summed E-state index contributed by atoms with van der Waals surface area (Å²) in [4.78, 5) is 4.07. The molecule has 1 aromatic carbocycles. The van der Waals surface area contributed by atoms with Crippen molar-refractivity contribution in [1.82, 2.24) is 14.8 Å². The SMILES string of the molecule is NCC1CCC(c2ccccc2)CC1n1cncn1. The van der Waals surface area contributed by atoms with Crippen LogP contribution in [0.4, 0.5) is 0 Å². The van der Waals surface area contributed by atoms with Gasteiger partial charge in [-0.25, -0.2) is 9.67 Å². The van der Waals surface area contributed by atoms with Gasteiger partial charge in [0.15, 0.2) is 0 Å². The predicted molar refractivity (Wildman–Crippen MR) is 74.6 cm³/mol. The molecule has 100 valence electrons. The van der Waals surface area contributed by atoms with E-state index in [4.69, 9.17) is 5.73 Å². The van der Waals surface area contributed by atoms with Crippen LogP contribution in [0, 0.1) is 5.92 Å². The minimum absolute atomic E-state index is 0.381. The molecule has 3 rings (SSSR count). The second-order valence-corrected chi connectivity index (χ2v) is 5.36. The summed E-state index contributed by atoms with van der Waals surface area (Å²) in [5, 5.41) is 4.32. The van der Waals surface area contributed by atoms with Gasteiger partial charge < -0.3 is 5.73 Å². The maximum Gasteiger partial charge on any atom is 0.137 e. The second-order valence-electron chi connectivity index (χ2n) is 5.36. The highest BCUT2D eigenvalue weighted by Crippen LogP contribution is 2.41. The van der Waals surface area contributed by atoms with Crippen LogP contribution in [0.5, 0.6) is 0 Å². The maximum atomic E-state index is 5.92. The molecule has 0 radical (unpaired) electrons. The van der Waals surface area contributed by atoms with Crippen LogP contribution in [0.25, 0.3) is 0 Å². The lowest BCUT2D eigenvalue weighted by Gasteiger charge is -2.35. The van der Waals surface area contributed by atoms with Crippen molar-refractivity contribution in [2.75, 3.05) is 6.54 Å². The Labute approximate surface area is 113 Å². The standard InChI is InChI=1S/C15H20N4/c16-9-14-7-6-13(12-4-2-1-3-5-12)8-15(14)19-11-17-10-18-19/h1-5,10-11,13-15H,6-9,16H2. The molecule has 1 fully saturated rings. The number of nitrogens with zero attached hydrogens (tertiary/aromatic N) is 3. The van der Waals surface area contributed by atoms with E-state index in [0.717, 1.165) is 13.0 Å².